The number of hydrazine groups is 1. The van der Waals surface area contributed by atoms with Gasteiger partial charge in [-0.25, -0.2) is 23.6 Å². The molecular formula is C11H10ClFN4O2S. The van der Waals surface area contributed by atoms with Crippen molar-refractivity contribution in [2.24, 2.45) is 5.84 Å². The van der Waals surface area contributed by atoms with Crippen LogP contribution in [-0.4, -0.2) is 13.4 Å². The van der Waals surface area contributed by atoms with Gasteiger partial charge in [-0.2, -0.15) is 0 Å². The van der Waals surface area contributed by atoms with Crippen LogP contribution >= 0.6 is 11.6 Å². The lowest BCUT2D eigenvalue weighted by Crippen LogP contribution is -2.15. The maximum absolute atomic E-state index is 13.6. The Morgan fingerprint density at radius 3 is 2.65 bits per heavy atom. The number of rotatable bonds is 4. The molecule has 0 spiro atoms. The Kier molecular flexibility index (Phi) is 4.07. The zero-order chi connectivity index (χ0) is 14.8. The number of pyridine rings is 1. The maximum atomic E-state index is 13.6. The van der Waals surface area contributed by atoms with Gasteiger partial charge in [-0.15, -0.1) is 0 Å². The van der Waals surface area contributed by atoms with Crippen LogP contribution in [-0.2, 0) is 10.0 Å². The third kappa shape index (κ3) is 3.16. The molecule has 9 heteroatoms. The topological polar surface area (TPSA) is 97.1 Å². The molecule has 1 aromatic carbocycles. The van der Waals surface area contributed by atoms with Crippen molar-refractivity contribution in [1.29, 1.82) is 0 Å². The SMILES string of the molecule is NNc1cc(S(=O)(=O)Nc2ccc(Cl)cc2F)ccn1. The summed E-state index contributed by atoms with van der Waals surface area (Å²) >= 11 is 5.60. The van der Waals surface area contributed by atoms with Crippen LogP contribution in [0.2, 0.25) is 5.02 Å². The molecule has 1 heterocycles. The fourth-order valence-corrected chi connectivity index (χ4v) is 2.67. The first-order valence-electron chi connectivity index (χ1n) is 5.33. The van der Waals surface area contributed by atoms with Crippen LogP contribution in [0.3, 0.4) is 0 Å². The number of nitrogen functional groups attached to an aromatic ring is 1. The Morgan fingerprint density at radius 2 is 2.00 bits per heavy atom. The summed E-state index contributed by atoms with van der Waals surface area (Å²) in [7, 11) is -3.95. The molecule has 0 aliphatic carbocycles. The van der Waals surface area contributed by atoms with E-state index in [1.54, 1.807) is 0 Å². The van der Waals surface area contributed by atoms with Gasteiger partial charge in [0.1, 0.15) is 11.6 Å². The highest BCUT2D eigenvalue weighted by Crippen LogP contribution is 2.22. The van der Waals surface area contributed by atoms with Crippen molar-refractivity contribution in [3.8, 4) is 0 Å². The Balaban J connectivity index is 2.35. The van der Waals surface area contributed by atoms with E-state index < -0.39 is 15.8 Å². The van der Waals surface area contributed by atoms with Crippen LogP contribution in [0, 0.1) is 5.82 Å². The van der Waals surface area contributed by atoms with Gasteiger partial charge in [0.05, 0.1) is 10.6 Å². The second-order valence-corrected chi connectivity index (χ2v) is 5.87. The zero-order valence-corrected chi connectivity index (χ0v) is 11.5. The molecule has 0 fully saturated rings. The van der Waals surface area contributed by atoms with E-state index in [0.29, 0.717) is 0 Å². The predicted molar refractivity (Wildman–Crippen MR) is 74.3 cm³/mol. The second kappa shape index (κ2) is 5.61. The summed E-state index contributed by atoms with van der Waals surface area (Å²) < 4.78 is 39.9. The Hall–Kier alpha value is -1.90. The van der Waals surface area contributed by atoms with Crippen molar-refractivity contribution in [2.75, 3.05) is 10.1 Å². The quantitative estimate of drug-likeness (QED) is 0.592. The van der Waals surface area contributed by atoms with Crippen molar-refractivity contribution in [3.63, 3.8) is 0 Å². The fraction of sp³-hybridized carbons (Fsp3) is 0. The molecule has 0 amide bonds. The van der Waals surface area contributed by atoms with Crippen molar-refractivity contribution < 1.29 is 12.8 Å². The molecule has 20 heavy (non-hydrogen) atoms. The lowest BCUT2D eigenvalue weighted by molar-refractivity contribution is 0.598. The van der Waals surface area contributed by atoms with Gasteiger partial charge in [0, 0.05) is 17.3 Å². The number of aromatic nitrogens is 1. The molecular weight excluding hydrogens is 307 g/mol. The third-order valence-corrected chi connectivity index (χ3v) is 3.96. The summed E-state index contributed by atoms with van der Waals surface area (Å²) in [5, 5.41) is 0.170. The van der Waals surface area contributed by atoms with E-state index in [1.807, 2.05) is 0 Å². The van der Waals surface area contributed by atoms with Crippen LogP contribution in [0.1, 0.15) is 0 Å². The van der Waals surface area contributed by atoms with Gasteiger partial charge in [0.2, 0.25) is 0 Å². The smallest absolute Gasteiger partial charge is 0.262 e. The normalized spacial score (nSPS) is 11.2. The molecule has 0 aliphatic rings. The van der Waals surface area contributed by atoms with Gasteiger partial charge < -0.3 is 5.43 Å². The van der Waals surface area contributed by atoms with E-state index in [9.17, 15) is 12.8 Å². The van der Waals surface area contributed by atoms with Crippen LogP contribution in [0.25, 0.3) is 0 Å². The summed E-state index contributed by atoms with van der Waals surface area (Å²) in [5.74, 6) is 4.55. The lowest BCUT2D eigenvalue weighted by Gasteiger charge is -2.09. The zero-order valence-electron chi connectivity index (χ0n) is 9.97. The highest BCUT2D eigenvalue weighted by atomic mass is 35.5. The maximum Gasteiger partial charge on any atom is 0.262 e. The number of nitrogens with two attached hydrogens (primary N) is 1. The number of nitrogens with one attached hydrogen (secondary N) is 2. The van der Waals surface area contributed by atoms with E-state index in [-0.39, 0.29) is 21.4 Å². The number of benzene rings is 1. The number of nitrogens with zero attached hydrogens (tertiary/aromatic N) is 1. The third-order valence-electron chi connectivity index (χ3n) is 2.37. The van der Waals surface area contributed by atoms with Gasteiger partial charge in [-0.05, 0) is 24.3 Å². The van der Waals surface area contributed by atoms with Crippen LogP contribution < -0.4 is 16.0 Å². The minimum Gasteiger partial charge on any atom is -0.308 e. The van der Waals surface area contributed by atoms with Gasteiger partial charge in [0.25, 0.3) is 10.0 Å². The molecule has 6 nitrogen and oxygen atoms in total. The largest absolute Gasteiger partial charge is 0.308 e. The van der Waals surface area contributed by atoms with Crippen molar-refractivity contribution in [1.82, 2.24) is 4.98 Å². The summed E-state index contributed by atoms with van der Waals surface area (Å²) in [6.07, 6.45) is 1.27. The molecule has 4 N–H and O–H groups in total. The van der Waals surface area contributed by atoms with Crippen LogP contribution in [0.4, 0.5) is 15.9 Å². The molecule has 1 aromatic heterocycles. The predicted octanol–water partition coefficient (Wildman–Crippen LogP) is 1.96. The molecule has 0 bridgehead atoms. The minimum absolute atomic E-state index is 0.102. The van der Waals surface area contributed by atoms with Gasteiger partial charge in [-0.3, -0.25) is 4.72 Å². The van der Waals surface area contributed by atoms with E-state index in [1.165, 1.54) is 30.5 Å². The molecule has 0 atom stereocenters. The van der Waals surface area contributed by atoms with Crippen molar-refractivity contribution in [2.45, 2.75) is 4.90 Å². The number of halogens is 2. The average molecular weight is 317 g/mol. The van der Waals surface area contributed by atoms with E-state index in [0.717, 1.165) is 6.07 Å². The lowest BCUT2D eigenvalue weighted by atomic mass is 10.3. The van der Waals surface area contributed by atoms with Gasteiger partial charge in [-0.1, -0.05) is 11.6 Å². The highest BCUT2D eigenvalue weighted by Gasteiger charge is 2.17. The molecule has 106 valence electrons. The molecule has 0 saturated carbocycles. The standard InChI is InChI=1S/C11H10ClFN4O2S/c12-7-1-2-10(9(13)5-7)17-20(18,19)8-3-4-15-11(6-8)16-14/h1-6,17H,14H2,(H,15,16). The van der Waals surface area contributed by atoms with Crippen LogP contribution in [0.5, 0.6) is 0 Å². The van der Waals surface area contributed by atoms with Gasteiger partial charge >= 0.3 is 0 Å². The van der Waals surface area contributed by atoms with E-state index in [2.05, 4.69) is 15.1 Å². The van der Waals surface area contributed by atoms with E-state index >= 15 is 0 Å². The Bertz CT molecular complexity index is 739. The van der Waals surface area contributed by atoms with Crippen molar-refractivity contribution in [3.05, 3.63) is 47.4 Å². The molecule has 0 radical (unpaired) electrons. The first kappa shape index (κ1) is 14.5. The number of hydrogen-bond acceptors (Lipinski definition) is 5. The second-order valence-electron chi connectivity index (χ2n) is 3.75. The summed E-state index contributed by atoms with van der Waals surface area (Å²) in [4.78, 5) is 3.69. The Labute approximate surface area is 119 Å². The molecule has 0 unspecified atom stereocenters. The monoisotopic (exact) mass is 316 g/mol. The molecule has 0 saturated heterocycles. The van der Waals surface area contributed by atoms with Crippen LogP contribution in [0.15, 0.2) is 41.4 Å². The fourth-order valence-electron chi connectivity index (χ4n) is 1.43. The van der Waals surface area contributed by atoms with Crippen molar-refractivity contribution >= 4 is 33.1 Å². The number of hydrogen-bond donors (Lipinski definition) is 3. The summed E-state index contributed by atoms with van der Waals surface area (Å²) in [5.41, 5.74) is 2.03. The first-order chi connectivity index (χ1) is 9.42. The summed E-state index contributed by atoms with van der Waals surface area (Å²) in [6, 6.07) is 6.10. The average Bonchev–Trinajstić information content (AvgIpc) is 2.42. The minimum atomic E-state index is -3.95. The number of sulfonamides is 1. The Morgan fingerprint density at radius 1 is 1.25 bits per heavy atom. The molecule has 0 aliphatic heterocycles. The highest BCUT2D eigenvalue weighted by molar-refractivity contribution is 7.92. The summed E-state index contributed by atoms with van der Waals surface area (Å²) in [6.45, 7) is 0. The first-order valence-corrected chi connectivity index (χ1v) is 7.19. The van der Waals surface area contributed by atoms with Gasteiger partial charge in [0.15, 0.2) is 0 Å². The molecule has 2 rings (SSSR count). The molecule has 2 aromatic rings. The van der Waals surface area contributed by atoms with E-state index in [4.69, 9.17) is 17.4 Å². The number of anilines is 2.